The number of pyridine rings is 1. The van der Waals surface area contributed by atoms with Crippen LogP contribution in [0.1, 0.15) is 44.8 Å². The molecule has 1 N–H and O–H groups in total. The van der Waals surface area contributed by atoms with Crippen molar-refractivity contribution in [2.24, 2.45) is 0 Å². The predicted molar refractivity (Wildman–Crippen MR) is 110 cm³/mol. The third-order valence-electron chi connectivity index (χ3n) is 5.56. The van der Waals surface area contributed by atoms with E-state index in [-0.39, 0.29) is 17.3 Å². The summed E-state index contributed by atoms with van der Waals surface area (Å²) in [5.41, 5.74) is 2.81. The van der Waals surface area contributed by atoms with Crippen LogP contribution in [0.5, 0.6) is 0 Å². The van der Waals surface area contributed by atoms with Crippen molar-refractivity contribution in [2.75, 3.05) is 38.3 Å². The van der Waals surface area contributed by atoms with Crippen LogP contribution in [0.3, 0.4) is 0 Å². The predicted octanol–water partition coefficient (Wildman–Crippen LogP) is 2.00. The van der Waals surface area contributed by atoms with E-state index in [1.165, 1.54) is 11.0 Å². The molecule has 1 aliphatic heterocycles. The molecule has 1 aromatic carbocycles. The second kappa shape index (κ2) is 8.21. The average molecular weight is 395 g/mol. The maximum atomic E-state index is 12.8. The molecule has 1 aliphatic carbocycles. The molecular weight excluding hydrogens is 370 g/mol. The van der Waals surface area contributed by atoms with Gasteiger partial charge in [-0.2, -0.15) is 0 Å². The number of hydrogen-bond donors (Lipinski definition) is 1. The number of benzene rings is 1. The number of ketones is 1. The highest BCUT2D eigenvalue weighted by Crippen LogP contribution is 2.20. The molecule has 7 nitrogen and oxygen atoms in total. The largest absolute Gasteiger partial charge is 0.378 e. The minimum Gasteiger partial charge on any atom is -0.378 e. The SMILES string of the molecule is CN(Cc1ccc(N2CCOCC2)cc1)C(=O)c1cc2c([nH]c1=O)CCCC2=O. The number of aryl methyl sites for hydroxylation is 1. The monoisotopic (exact) mass is 395 g/mol. The van der Waals surface area contributed by atoms with Gasteiger partial charge in [-0.05, 0) is 36.6 Å². The van der Waals surface area contributed by atoms with Gasteiger partial charge in [0.25, 0.3) is 11.5 Å². The Hall–Kier alpha value is -2.93. The molecule has 0 bridgehead atoms. The summed E-state index contributed by atoms with van der Waals surface area (Å²) in [6.45, 7) is 3.59. The first kappa shape index (κ1) is 19.4. The Morgan fingerprint density at radius 2 is 1.86 bits per heavy atom. The topological polar surface area (TPSA) is 82.7 Å². The van der Waals surface area contributed by atoms with E-state index in [1.807, 2.05) is 24.3 Å². The molecule has 1 aromatic heterocycles. The van der Waals surface area contributed by atoms with Crippen molar-refractivity contribution >= 4 is 17.4 Å². The number of aromatic amines is 1. The Morgan fingerprint density at radius 3 is 2.59 bits per heavy atom. The average Bonchev–Trinajstić information content (AvgIpc) is 2.74. The highest BCUT2D eigenvalue weighted by molar-refractivity contribution is 6.01. The number of fused-ring (bicyclic) bond motifs is 1. The maximum absolute atomic E-state index is 12.8. The van der Waals surface area contributed by atoms with Crippen molar-refractivity contribution in [2.45, 2.75) is 25.8 Å². The number of rotatable bonds is 4. The highest BCUT2D eigenvalue weighted by Gasteiger charge is 2.23. The number of H-pyrrole nitrogens is 1. The molecule has 0 unspecified atom stereocenters. The first-order chi connectivity index (χ1) is 14.0. The number of morpholine rings is 1. The van der Waals surface area contributed by atoms with E-state index < -0.39 is 5.56 Å². The summed E-state index contributed by atoms with van der Waals surface area (Å²) < 4.78 is 5.38. The molecule has 0 atom stereocenters. The molecule has 1 amide bonds. The van der Waals surface area contributed by atoms with Crippen molar-refractivity contribution in [1.82, 2.24) is 9.88 Å². The van der Waals surface area contributed by atoms with E-state index in [0.717, 1.165) is 44.0 Å². The fourth-order valence-electron chi connectivity index (χ4n) is 3.92. The van der Waals surface area contributed by atoms with Gasteiger partial charge >= 0.3 is 0 Å². The fraction of sp³-hybridized carbons (Fsp3) is 0.409. The van der Waals surface area contributed by atoms with E-state index in [2.05, 4.69) is 9.88 Å². The number of ether oxygens (including phenoxy) is 1. The van der Waals surface area contributed by atoms with Crippen molar-refractivity contribution in [3.63, 3.8) is 0 Å². The molecule has 1 saturated heterocycles. The Morgan fingerprint density at radius 1 is 1.14 bits per heavy atom. The van der Waals surface area contributed by atoms with Crippen molar-refractivity contribution in [3.05, 3.63) is 63.1 Å². The molecule has 152 valence electrons. The summed E-state index contributed by atoms with van der Waals surface area (Å²) in [5.74, 6) is -0.400. The van der Waals surface area contributed by atoms with Gasteiger partial charge in [0.05, 0.1) is 13.2 Å². The lowest BCUT2D eigenvalue weighted by molar-refractivity contribution is 0.0783. The van der Waals surface area contributed by atoms with E-state index in [0.29, 0.717) is 30.6 Å². The molecule has 0 saturated carbocycles. The van der Waals surface area contributed by atoms with Gasteiger partial charge in [-0.1, -0.05) is 12.1 Å². The zero-order valence-corrected chi connectivity index (χ0v) is 16.6. The van der Waals surface area contributed by atoms with Crippen LogP contribution < -0.4 is 10.5 Å². The molecule has 29 heavy (non-hydrogen) atoms. The number of amides is 1. The van der Waals surface area contributed by atoms with Crippen molar-refractivity contribution in [1.29, 1.82) is 0 Å². The first-order valence-corrected chi connectivity index (χ1v) is 9.99. The van der Waals surface area contributed by atoms with Crippen LogP contribution in [-0.2, 0) is 17.7 Å². The van der Waals surface area contributed by atoms with Crippen LogP contribution in [-0.4, -0.2) is 54.9 Å². The van der Waals surface area contributed by atoms with Gasteiger partial charge in [0.15, 0.2) is 5.78 Å². The summed E-state index contributed by atoms with van der Waals surface area (Å²) in [6.07, 6.45) is 1.85. The van der Waals surface area contributed by atoms with Gasteiger partial charge in [-0.15, -0.1) is 0 Å². The normalized spacial score (nSPS) is 16.4. The standard InChI is InChI=1S/C22H25N3O4/c1-24(14-15-5-7-16(8-6-15)25-9-11-29-12-10-25)22(28)18-13-17-19(23-21(18)27)3-2-4-20(17)26/h5-8,13H,2-4,9-12,14H2,1H3,(H,23,27). The third-order valence-corrected chi connectivity index (χ3v) is 5.56. The number of carbonyl (C=O) groups excluding carboxylic acids is 2. The van der Waals surface area contributed by atoms with Crippen LogP contribution in [0.25, 0.3) is 0 Å². The summed E-state index contributed by atoms with van der Waals surface area (Å²) >= 11 is 0. The van der Waals surface area contributed by atoms with E-state index in [9.17, 15) is 14.4 Å². The number of anilines is 1. The maximum Gasteiger partial charge on any atom is 0.261 e. The van der Waals surface area contributed by atoms with Crippen LogP contribution in [0, 0.1) is 0 Å². The van der Waals surface area contributed by atoms with E-state index in [4.69, 9.17) is 4.74 Å². The van der Waals surface area contributed by atoms with Crippen LogP contribution in [0.15, 0.2) is 35.1 Å². The summed E-state index contributed by atoms with van der Waals surface area (Å²) in [5, 5.41) is 0. The summed E-state index contributed by atoms with van der Waals surface area (Å²) in [7, 11) is 1.67. The first-order valence-electron chi connectivity index (χ1n) is 9.99. The molecule has 0 radical (unpaired) electrons. The minimum atomic E-state index is -0.432. The highest BCUT2D eigenvalue weighted by atomic mass is 16.5. The quantitative estimate of drug-likeness (QED) is 0.856. The molecule has 2 heterocycles. The molecule has 0 spiro atoms. The van der Waals surface area contributed by atoms with Gasteiger partial charge in [0, 0.05) is 50.0 Å². The zero-order valence-electron chi connectivity index (χ0n) is 16.6. The van der Waals surface area contributed by atoms with Crippen LogP contribution >= 0.6 is 0 Å². The number of aromatic nitrogens is 1. The fourth-order valence-corrected chi connectivity index (χ4v) is 3.92. The summed E-state index contributed by atoms with van der Waals surface area (Å²) in [4.78, 5) is 43.9. The second-order valence-corrected chi connectivity index (χ2v) is 7.61. The van der Waals surface area contributed by atoms with Gasteiger partial charge in [0.2, 0.25) is 0 Å². The van der Waals surface area contributed by atoms with Crippen molar-refractivity contribution in [3.8, 4) is 0 Å². The lowest BCUT2D eigenvalue weighted by atomic mass is 9.93. The van der Waals surface area contributed by atoms with Crippen molar-refractivity contribution < 1.29 is 14.3 Å². The number of carbonyl (C=O) groups is 2. The molecule has 1 fully saturated rings. The molecule has 2 aromatic rings. The van der Waals surface area contributed by atoms with Crippen LogP contribution in [0.2, 0.25) is 0 Å². The Bertz CT molecular complexity index is 975. The molecule has 7 heteroatoms. The molecular formula is C22H25N3O4. The number of nitrogens with one attached hydrogen (secondary N) is 1. The van der Waals surface area contributed by atoms with Gasteiger partial charge in [-0.3, -0.25) is 14.4 Å². The number of hydrogen-bond acceptors (Lipinski definition) is 5. The van der Waals surface area contributed by atoms with Gasteiger partial charge in [-0.25, -0.2) is 0 Å². The Labute approximate surface area is 169 Å². The third kappa shape index (κ3) is 4.10. The number of Topliss-reactive ketones (excluding diaryl/α,β-unsaturated/α-hetero) is 1. The van der Waals surface area contributed by atoms with E-state index in [1.54, 1.807) is 7.05 Å². The zero-order chi connectivity index (χ0) is 20.4. The molecule has 2 aliphatic rings. The summed E-state index contributed by atoms with van der Waals surface area (Å²) in [6, 6.07) is 9.55. The lowest BCUT2D eigenvalue weighted by Gasteiger charge is -2.29. The number of nitrogens with zero attached hydrogens (tertiary/aromatic N) is 2. The molecule has 4 rings (SSSR count). The lowest BCUT2D eigenvalue weighted by Crippen LogP contribution is -2.36. The Balaban J connectivity index is 1.48. The second-order valence-electron chi connectivity index (χ2n) is 7.61. The smallest absolute Gasteiger partial charge is 0.261 e. The Kier molecular flexibility index (Phi) is 5.49. The van der Waals surface area contributed by atoms with Gasteiger partial charge in [0.1, 0.15) is 5.56 Å². The van der Waals surface area contributed by atoms with Crippen LogP contribution in [0.4, 0.5) is 5.69 Å². The minimum absolute atomic E-state index is 0.0158. The van der Waals surface area contributed by atoms with E-state index >= 15 is 0 Å². The van der Waals surface area contributed by atoms with Gasteiger partial charge < -0.3 is 19.5 Å².